The van der Waals surface area contributed by atoms with Gasteiger partial charge in [-0.15, -0.1) is 11.3 Å². The molecule has 0 radical (unpaired) electrons. The molecule has 4 heteroatoms. The molecule has 0 aromatic carbocycles. The van der Waals surface area contributed by atoms with Gasteiger partial charge < -0.3 is 0 Å². The van der Waals surface area contributed by atoms with Crippen LogP contribution in [0.25, 0.3) is 0 Å². The second-order valence-electron chi connectivity index (χ2n) is 2.47. The molecule has 0 saturated heterocycles. The molecule has 0 fully saturated rings. The Hall–Kier alpha value is -1.08. The minimum atomic E-state index is 0.431. The van der Waals surface area contributed by atoms with Crippen molar-refractivity contribution in [1.29, 1.82) is 5.26 Å². The Labute approximate surface area is 69.7 Å². The van der Waals surface area contributed by atoms with Crippen molar-refractivity contribution in [2.75, 3.05) is 5.32 Å². The number of nitrogens with one attached hydrogen (secondary N) is 1. The standard InChI is InChI=1S/C7H9N3S/c1-5(2)6-3-11-7(10-6)9-4-8/h3,5H,1-2H3,(H,9,10). The highest BCUT2D eigenvalue weighted by atomic mass is 32.1. The number of hydrogen-bond acceptors (Lipinski definition) is 4. The molecular formula is C7H9N3S. The normalized spacial score (nSPS) is 9.64. The van der Waals surface area contributed by atoms with E-state index in [0.717, 1.165) is 5.69 Å². The van der Waals surface area contributed by atoms with E-state index in [2.05, 4.69) is 24.1 Å². The van der Waals surface area contributed by atoms with Gasteiger partial charge in [0.15, 0.2) is 11.3 Å². The van der Waals surface area contributed by atoms with E-state index in [1.54, 1.807) is 0 Å². The van der Waals surface area contributed by atoms with Gasteiger partial charge in [0.05, 0.1) is 5.69 Å². The molecule has 0 aliphatic carbocycles. The second kappa shape index (κ2) is 3.35. The third kappa shape index (κ3) is 1.92. The summed E-state index contributed by atoms with van der Waals surface area (Å²) >= 11 is 1.46. The van der Waals surface area contributed by atoms with Crippen molar-refractivity contribution in [3.63, 3.8) is 0 Å². The highest BCUT2D eigenvalue weighted by molar-refractivity contribution is 7.13. The van der Waals surface area contributed by atoms with E-state index in [9.17, 15) is 0 Å². The summed E-state index contributed by atoms with van der Waals surface area (Å²) < 4.78 is 0. The molecule has 0 amide bonds. The van der Waals surface area contributed by atoms with E-state index < -0.39 is 0 Å². The fraction of sp³-hybridized carbons (Fsp3) is 0.429. The lowest BCUT2D eigenvalue weighted by molar-refractivity contribution is 0.834. The number of nitrogens with zero attached hydrogens (tertiary/aromatic N) is 2. The number of hydrogen-bond donors (Lipinski definition) is 1. The van der Waals surface area contributed by atoms with Gasteiger partial charge in [-0.3, -0.25) is 5.32 Å². The number of aromatic nitrogens is 1. The fourth-order valence-electron chi connectivity index (χ4n) is 0.657. The van der Waals surface area contributed by atoms with Gasteiger partial charge in [-0.2, -0.15) is 5.26 Å². The van der Waals surface area contributed by atoms with Crippen molar-refractivity contribution in [3.05, 3.63) is 11.1 Å². The molecule has 0 saturated carbocycles. The minimum Gasteiger partial charge on any atom is -0.268 e. The molecule has 1 heterocycles. The number of anilines is 1. The largest absolute Gasteiger partial charge is 0.268 e. The predicted molar refractivity (Wildman–Crippen MR) is 45.4 cm³/mol. The third-order valence-electron chi connectivity index (χ3n) is 1.28. The van der Waals surface area contributed by atoms with E-state index in [-0.39, 0.29) is 0 Å². The maximum Gasteiger partial charge on any atom is 0.196 e. The van der Waals surface area contributed by atoms with Crippen LogP contribution in [0.5, 0.6) is 0 Å². The van der Waals surface area contributed by atoms with Gasteiger partial charge in [0.1, 0.15) is 0 Å². The first-order valence-electron chi connectivity index (χ1n) is 3.34. The predicted octanol–water partition coefficient (Wildman–Crippen LogP) is 2.16. The maximum atomic E-state index is 8.27. The topological polar surface area (TPSA) is 48.7 Å². The van der Waals surface area contributed by atoms with Gasteiger partial charge in [-0.25, -0.2) is 4.98 Å². The summed E-state index contributed by atoms with van der Waals surface area (Å²) in [6.45, 7) is 4.15. The molecule has 0 spiro atoms. The number of nitriles is 1. The average molecular weight is 167 g/mol. The number of rotatable bonds is 2. The molecule has 0 aliphatic heterocycles. The van der Waals surface area contributed by atoms with Gasteiger partial charge in [0, 0.05) is 5.38 Å². The quantitative estimate of drug-likeness (QED) is 0.542. The molecular weight excluding hydrogens is 158 g/mol. The van der Waals surface area contributed by atoms with E-state index >= 15 is 0 Å². The Morgan fingerprint density at radius 3 is 2.91 bits per heavy atom. The van der Waals surface area contributed by atoms with Crippen molar-refractivity contribution in [3.8, 4) is 6.19 Å². The Bertz CT molecular complexity index is 271. The van der Waals surface area contributed by atoms with Gasteiger partial charge in [-0.05, 0) is 5.92 Å². The number of thiazole rings is 1. The smallest absolute Gasteiger partial charge is 0.196 e. The van der Waals surface area contributed by atoms with Crippen LogP contribution in [0.3, 0.4) is 0 Å². The van der Waals surface area contributed by atoms with Crippen molar-refractivity contribution in [2.24, 2.45) is 0 Å². The van der Waals surface area contributed by atoms with Gasteiger partial charge in [0.2, 0.25) is 0 Å². The van der Waals surface area contributed by atoms with Crippen LogP contribution in [0.2, 0.25) is 0 Å². The molecule has 0 bridgehead atoms. The van der Waals surface area contributed by atoms with Crippen LogP contribution in [0.1, 0.15) is 25.5 Å². The van der Waals surface area contributed by atoms with Crippen LogP contribution in [-0.2, 0) is 0 Å². The first kappa shape index (κ1) is 8.02. The summed E-state index contributed by atoms with van der Waals surface area (Å²) in [5, 5.41) is 13.4. The highest BCUT2D eigenvalue weighted by Crippen LogP contribution is 2.20. The fourth-order valence-corrected chi connectivity index (χ4v) is 1.48. The van der Waals surface area contributed by atoms with Crippen LogP contribution >= 0.6 is 11.3 Å². The average Bonchev–Trinajstić information content (AvgIpc) is 2.37. The Balaban J connectivity index is 2.75. The molecule has 0 atom stereocenters. The summed E-state index contributed by atoms with van der Waals surface area (Å²) in [5.74, 6) is 0.431. The molecule has 0 unspecified atom stereocenters. The summed E-state index contributed by atoms with van der Waals surface area (Å²) in [6, 6.07) is 0. The molecule has 11 heavy (non-hydrogen) atoms. The zero-order chi connectivity index (χ0) is 8.27. The maximum absolute atomic E-state index is 8.27. The van der Waals surface area contributed by atoms with E-state index in [4.69, 9.17) is 5.26 Å². The highest BCUT2D eigenvalue weighted by Gasteiger charge is 2.03. The Morgan fingerprint density at radius 1 is 1.73 bits per heavy atom. The van der Waals surface area contributed by atoms with Crippen molar-refractivity contribution < 1.29 is 0 Å². The first-order valence-corrected chi connectivity index (χ1v) is 4.22. The molecule has 1 N–H and O–H groups in total. The zero-order valence-corrected chi connectivity index (χ0v) is 7.27. The Morgan fingerprint density at radius 2 is 2.45 bits per heavy atom. The summed E-state index contributed by atoms with van der Waals surface area (Å²) in [7, 11) is 0. The van der Waals surface area contributed by atoms with E-state index in [0.29, 0.717) is 11.0 Å². The summed E-state index contributed by atoms with van der Waals surface area (Å²) in [6.07, 6.45) is 1.83. The molecule has 1 rings (SSSR count). The Kier molecular flexibility index (Phi) is 2.44. The van der Waals surface area contributed by atoms with Gasteiger partial charge in [0.25, 0.3) is 0 Å². The molecule has 0 aliphatic rings. The van der Waals surface area contributed by atoms with Crippen LogP contribution < -0.4 is 5.32 Å². The molecule has 1 aromatic heterocycles. The van der Waals surface area contributed by atoms with Crippen LogP contribution in [-0.4, -0.2) is 4.98 Å². The SMILES string of the molecule is CC(C)c1csc(NC#N)n1. The summed E-state index contributed by atoms with van der Waals surface area (Å²) in [4.78, 5) is 4.18. The molecule has 1 aromatic rings. The zero-order valence-electron chi connectivity index (χ0n) is 6.46. The monoisotopic (exact) mass is 167 g/mol. The minimum absolute atomic E-state index is 0.431. The van der Waals surface area contributed by atoms with Crippen molar-refractivity contribution in [2.45, 2.75) is 19.8 Å². The van der Waals surface area contributed by atoms with E-state index in [1.807, 2.05) is 11.6 Å². The molecule has 58 valence electrons. The van der Waals surface area contributed by atoms with E-state index in [1.165, 1.54) is 11.3 Å². The van der Waals surface area contributed by atoms with Crippen LogP contribution in [0, 0.1) is 11.5 Å². The van der Waals surface area contributed by atoms with Crippen molar-refractivity contribution in [1.82, 2.24) is 4.98 Å². The van der Waals surface area contributed by atoms with Crippen molar-refractivity contribution >= 4 is 16.5 Å². The lowest BCUT2D eigenvalue weighted by Crippen LogP contribution is -1.89. The van der Waals surface area contributed by atoms with Crippen LogP contribution in [0.15, 0.2) is 5.38 Å². The van der Waals surface area contributed by atoms with Gasteiger partial charge >= 0.3 is 0 Å². The summed E-state index contributed by atoms with van der Waals surface area (Å²) in [5.41, 5.74) is 1.03. The molecule has 3 nitrogen and oxygen atoms in total. The lowest BCUT2D eigenvalue weighted by atomic mass is 10.2. The second-order valence-corrected chi connectivity index (χ2v) is 3.33. The first-order chi connectivity index (χ1) is 5.24. The third-order valence-corrected chi connectivity index (χ3v) is 2.05. The van der Waals surface area contributed by atoms with Gasteiger partial charge in [-0.1, -0.05) is 13.8 Å². The lowest BCUT2D eigenvalue weighted by Gasteiger charge is -1.95. The van der Waals surface area contributed by atoms with Crippen LogP contribution in [0.4, 0.5) is 5.13 Å².